The Labute approximate surface area is 147 Å². The molecule has 2 N–H and O–H groups in total. The number of aryl methyl sites for hydroxylation is 1. The summed E-state index contributed by atoms with van der Waals surface area (Å²) >= 11 is 5.94. The van der Waals surface area contributed by atoms with Crippen molar-refractivity contribution < 1.29 is 14.5 Å². The second-order valence-electron chi connectivity index (χ2n) is 4.97. The van der Waals surface area contributed by atoms with Crippen LogP contribution in [0.25, 0.3) is 0 Å². The van der Waals surface area contributed by atoms with Gasteiger partial charge in [0, 0.05) is 22.8 Å². The number of hydrazone groups is 1. The number of nitrogens with zero attached hydrogens (tertiary/aromatic N) is 2. The number of benzene rings is 2. The van der Waals surface area contributed by atoms with E-state index in [1.807, 2.05) is 6.92 Å². The number of hydrogen-bond acceptors (Lipinski definition) is 5. The third-order valence-electron chi connectivity index (χ3n) is 3.12. The maximum atomic E-state index is 11.8. The fourth-order valence-electron chi connectivity index (χ4n) is 1.76. The first-order valence-electron chi connectivity index (χ1n) is 7.02. The lowest BCUT2D eigenvalue weighted by Crippen LogP contribution is -2.32. The highest BCUT2D eigenvalue weighted by Crippen LogP contribution is 2.19. The zero-order valence-electron chi connectivity index (χ0n) is 13.0. The van der Waals surface area contributed by atoms with Crippen LogP contribution in [-0.2, 0) is 9.59 Å². The molecule has 0 bridgehead atoms. The lowest BCUT2D eigenvalue weighted by atomic mass is 10.2. The molecular formula is C16H13ClN4O4. The largest absolute Gasteiger partial charge is 0.329 e. The number of amides is 2. The highest BCUT2D eigenvalue weighted by molar-refractivity contribution is 6.39. The standard InChI is InChI=1S/C16H13ClN4O4/c1-10-2-5-12(8-14(10)17)19-15(22)16(23)20-18-9-11-3-6-13(7-4-11)21(24)25/h2-9H,1H3,(H,19,22)(H,20,23)/b18-9-. The van der Waals surface area contributed by atoms with Crippen LogP contribution in [-0.4, -0.2) is 23.0 Å². The number of nitro benzene ring substituents is 1. The molecule has 0 fully saturated rings. The Kier molecular flexibility index (Phi) is 5.80. The normalized spacial score (nSPS) is 10.5. The molecule has 0 radical (unpaired) electrons. The highest BCUT2D eigenvalue weighted by Gasteiger charge is 2.13. The van der Waals surface area contributed by atoms with E-state index >= 15 is 0 Å². The summed E-state index contributed by atoms with van der Waals surface area (Å²) in [5.41, 5.74) is 3.76. The summed E-state index contributed by atoms with van der Waals surface area (Å²) in [5, 5.41) is 17.0. The van der Waals surface area contributed by atoms with Gasteiger partial charge in [-0.15, -0.1) is 0 Å². The first-order chi connectivity index (χ1) is 11.9. The van der Waals surface area contributed by atoms with Crippen molar-refractivity contribution in [3.63, 3.8) is 0 Å². The SMILES string of the molecule is Cc1ccc(NC(=O)C(=O)N/N=C\c2ccc([N+](=O)[O-])cc2)cc1Cl. The van der Waals surface area contributed by atoms with E-state index in [1.54, 1.807) is 12.1 Å². The van der Waals surface area contributed by atoms with E-state index in [1.165, 1.54) is 36.5 Å². The molecule has 0 unspecified atom stereocenters. The minimum Gasteiger partial charge on any atom is -0.318 e. The molecule has 2 aromatic rings. The van der Waals surface area contributed by atoms with Gasteiger partial charge < -0.3 is 5.32 Å². The summed E-state index contributed by atoms with van der Waals surface area (Å²) in [7, 11) is 0. The van der Waals surface area contributed by atoms with Crippen molar-refractivity contribution in [2.45, 2.75) is 6.92 Å². The van der Waals surface area contributed by atoms with E-state index < -0.39 is 16.7 Å². The minimum absolute atomic E-state index is 0.0580. The summed E-state index contributed by atoms with van der Waals surface area (Å²) in [5.74, 6) is -1.87. The Balaban J connectivity index is 1.91. The van der Waals surface area contributed by atoms with Crippen molar-refractivity contribution in [2.75, 3.05) is 5.32 Å². The Bertz CT molecular complexity index is 850. The summed E-state index contributed by atoms with van der Waals surface area (Å²) in [4.78, 5) is 33.4. The van der Waals surface area contributed by atoms with Gasteiger partial charge in [0.05, 0.1) is 11.1 Å². The molecule has 128 valence electrons. The highest BCUT2D eigenvalue weighted by atomic mass is 35.5. The number of rotatable bonds is 4. The van der Waals surface area contributed by atoms with E-state index in [0.717, 1.165) is 5.56 Å². The first kappa shape index (κ1) is 18.1. The minimum atomic E-state index is -0.963. The van der Waals surface area contributed by atoms with Gasteiger partial charge in [-0.05, 0) is 42.3 Å². The van der Waals surface area contributed by atoms with Crippen LogP contribution in [0.2, 0.25) is 5.02 Å². The fraction of sp³-hybridized carbons (Fsp3) is 0.0625. The monoisotopic (exact) mass is 360 g/mol. The van der Waals surface area contributed by atoms with Crippen molar-refractivity contribution >= 4 is 41.0 Å². The van der Waals surface area contributed by atoms with Gasteiger partial charge in [-0.1, -0.05) is 17.7 Å². The average Bonchev–Trinajstić information content (AvgIpc) is 2.58. The zero-order chi connectivity index (χ0) is 18.4. The number of carbonyl (C=O) groups is 2. The molecular weight excluding hydrogens is 348 g/mol. The number of nitrogens with one attached hydrogen (secondary N) is 2. The Morgan fingerprint density at radius 2 is 1.84 bits per heavy atom. The zero-order valence-corrected chi connectivity index (χ0v) is 13.8. The summed E-state index contributed by atoms with van der Waals surface area (Å²) in [6, 6.07) is 10.4. The van der Waals surface area contributed by atoms with Gasteiger partial charge in [-0.2, -0.15) is 5.10 Å². The van der Waals surface area contributed by atoms with Crippen LogP contribution >= 0.6 is 11.6 Å². The van der Waals surface area contributed by atoms with Crippen LogP contribution in [0.1, 0.15) is 11.1 Å². The number of halogens is 1. The Morgan fingerprint density at radius 3 is 2.44 bits per heavy atom. The van der Waals surface area contributed by atoms with Crippen LogP contribution in [0, 0.1) is 17.0 Å². The predicted octanol–water partition coefficient (Wildman–Crippen LogP) is 2.65. The van der Waals surface area contributed by atoms with Crippen LogP contribution in [0.15, 0.2) is 47.6 Å². The molecule has 9 heteroatoms. The van der Waals surface area contributed by atoms with Gasteiger partial charge in [-0.3, -0.25) is 19.7 Å². The second-order valence-corrected chi connectivity index (χ2v) is 5.37. The number of non-ortho nitro benzene ring substituents is 1. The van der Waals surface area contributed by atoms with E-state index in [2.05, 4.69) is 15.8 Å². The summed E-state index contributed by atoms with van der Waals surface area (Å²) in [6.07, 6.45) is 1.26. The van der Waals surface area contributed by atoms with E-state index in [9.17, 15) is 19.7 Å². The maximum absolute atomic E-state index is 11.8. The molecule has 2 aromatic carbocycles. The van der Waals surface area contributed by atoms with Crippen molar-refractivity contribution in [3.05, 3.63) is 68.7 Å². The molecule has 0 aliphatic carbocycles. The molecule has 2 amide bonds. The summed E-state index contributed by atoms with van der Waals surface area (Å²) in [6.45, 7) is 1.81. The van der Waals surface area contributed by atoms with Crippen LogP contribution in [0.5, 0.6) is 0 Å². The molecule has 0 aliphatic heterocycles. The second kappa shape index (κ2) is 8.02. The molecule has 25 heavy (non-hydrogen) atoms. The van der Waals surface area contributed by atoms with Gasteiger partial charge in [0.25, 0.3) is 5.69 Å². The smallest absolute Gasteiger partial charge is 0.318 e. The third-order valence-corrected chi connectivity index (χ3v) is 3.53. The molecule has 0 aliphatic rings. The van der Waals surface area contributed by atoms with E-state index in [-0.39, 0.29) is 5.69 Å². The van der Waals surface area contributed by atoms with Gasteiger partial charge in [-0.25, -0.2) is 5.43 Å². The Hall–Kier alpha value is -3.26. The molecule has 0 aromatic heterocycles. The van der Waals surface area contributed by atoms with E-state index in [4.69, 9.17) is 11.6 Å². The molecule has 0 atom stereocenters. The number of anilines is 1. The fourth-order valence-corrected chi connectivity index (χ4v) is 1.94. The predicted molar refractivity (Wildman–Crippen MR) is 93.7 cm³/mol. The maximum Gasteiger partial charge on any atom is 0.329 e. The Morgan fingerprint density at radius 1 is 1.16 bits per heavy atom. The molecule has 0 spiro atoms. The first-order valence-corrected chi connectivity index (χ1v) is 7.39. The van der Waals surface area contributed by atoms with Crippen LogP contribution in [0.4, 0.5) is 11.4 Å². The molecule has 0 heterocycles. The quantitative estimate of drug-likeness (QED) is 0.377. The molecule has 2 rings (SSSR count). The van der Waals surface area contributed by atoms with Gasteiger partial charge >= 0.3 is 11.8 Å². The number of nitro groups is 1. The van der Waals surface area contributed by atoms with Crippen molar-refractivity contribution in [1.29, 1.82) is 0 Å². The van der Waals surface area contributed by atoms with Crippen molar-refractivity contribution in [2.24, 2.45) is 5.10 Å². The lowest BCUT2D eigenvalue weighted by molar-refractivity contribution is -0.384. The van der Waals surface area contributed by atoms with Crippen LogP contribution < -0.4 is 10.7 Å². The average molecular weight is 361 g/mol. The summed E-state index contributed by atoms with van der Waals surface area (Å²) < 4.78 is 0. The van der Waals surface area contributed by atoms with Crippen LogP contribution in [0.3, 0.4) is 0 Å². The number of carbonyl (C=O) groups excluding carboxylic acids is 2. The van der Waals surface area contributed by atoms with Crippen molar-refractivity contribution in [3.8, 4) is 0 Å². The van der Waals surface area contributed by atoms with Gasteiger partial charge in [0.2, 0.25) is 0 Å². The molecule has 0 saturated carbocycles. The third kappa shape index (κ3) is 5.11. The molecule has 0 saturated heterocycles. The lowest BCUT2D eigenvalue weighted by Gasteiger charge is -2.05. The molecule has 8 nitrogen and oxygen atoms in total. The van der Waals surface area contributed by atoms with E-state index in [0.29, 0.717) is 16.3 Å². The topological polar surface area (TPSA) is 114 Å². The van der Waals surface area contributed by atoms with Gasteiger partial charge in [0.15, 0.2) is 0 Å². The number of hydrogen-bond donors (Lipinski definition) is 2. The van der Waals surface area contributed by atoms with Crippen molar-refractivity contribution in [1.82, 2.24) is 5.43 Å². The van der Waals surface area contributed by atoms with Gasteiger partial charge in [0.1, 0.15) is 0 Å².